The van der Waals surface area contributed by atoms with E-state index in [0.717, 1.165) is 58.2 Å². The van der Waals surface area contributed by atoms with Gasteiger partial charge >= 0.3 is 6.03 Å². The van der Waals surface area contributed by atoms with Gasteiger partial charge in [0.2, 0.25) is 0 Å². The molecule has 7 heteroatoms. The molecule has 1 aliphatic rings. The molecule has 1 aliphatic heterocycles. The van der Waals surface area contributed by atoms with E-state index in [0.29, 0.717) is 0 Å². The van der Waals surface area contributed by atoms with Gasteiger partial charge in [0.05, 0.1) is 21.3 Å². The van der Waals surface area contributed by atoms with Crippen molar-refractivity contribution in [3.05, 3.63) is 40.7 Å². The maximum Gasteiger partial charge on any atom is 0.322 e. The number of piperidine rings is 1. The van der Waals surface area contributed by atoms with Gasteiger partial charge in [0.25, 0.3) is 0 Å². The van der Waals surface area contributed by atoms with E-state index < -0.39 is 0 Å². The van der Waals surface area contributed by atoms with Gasteiger partial charge in [-0.15, -0.1) is 11.3 Å². The van der Waals surface area contributed by atoms with Crippen molar-refractivity contribution in [2.45, 2.75) is 39.2 Å². The standard InChI is InChI=1S/C18H20N4O2S/c1-11-9-14(21-24-11)16-5-3-4-8-22(16)18(23)20-13-6-7-17-15(10-13)19-12(2)25-17/h6-7,9-10,16H,3-5,8H2,1-2H3,(H,20,23)/t16-/m1/s1. The fourth-order valence-corrected chi connectivity index (χ4v) is 4.15. The third-order valence-electron chi connectivity index (χ3n) is 4.50. The number of hydrogen-bond acceptors (Lipinski definition) is 5. The smallest absolute Gasteiger partial charge is 0.322 e. The second-order valence-electron chi connectivity index (χ2n) is 6.41. The summed E-state index contributed by atoms with van der Waals surface area (Å²) in [6.45, 7) is 4.58. The molecular formula is C18H20N4O2S. The molecule has 0 radical (unpaired) electrons. The molecule has 4 rings (SSSR count). The number of amides is 2. The second-order valence-corrected chi connectivity index (χ2v) is 7.65. The van der Waals surface area contributed by atoms with Crippen LogP contribution in [0.25, 0.3) is 10.2 Å². The van der Waals surface area contributed by atoms with Crippen molar-refractivity contribution in [1.29, 1.82) is 0 Å². The summed E-state index contributed by atoms with van der Waals surface area (Å²) < 4.78 is 6.33. The summed E-state index contributed by atoms with van der Waals surface area (Å²) in [6.07, 6.45) is 3.00. The monoisotopic (exact) mass is 356 g/mol. The molecule has 0 bridgehead atoms. The number of nitrogens with zero attached hydrogens (tertiary/aromatic N) is 3. The van der Waals surface area contributed by atoms with E-state index >= 15 is 0 Å². The Labute approximate surface area is 149 Å². The Kier molecular flexibility index (Phi) is 4.17. The molecule has 1 fully saturated rings. The van der Waals surface area contributed by atoms with Crippen molar-refractivity contribution in [1.82, 2.24) is 15.0 Å². The van der Waals surface area contributed by atoms with Gasteiger partial charge in [0.1, 0.15) is 11.5 Å². The lowest BCUT2D eigenvalue weighted by atomic mass is 9.99. The highest BCUT2D eigenvalue weighted by Crippen LogP contribution is 2.31. The number of carbonyl (C=O) groups excluding carboxylic acids is 1. The van der Waals surface area contributed by atoms with Crippen molar-refractivity contribution < 1.29 is 9.32 Å². The first-order chi connectivity index (χ1) is 12.1. The first kappa shape index (κ1) is 16.1. The SMILES string of the molecule is Cc1cc([C@H]2CCCCN2C(=O)Nc2ccc3sc(C)nc3c2)no1. The molecule has 1 atom stereocenters. The Morgan fingerprint density at radius 3 is 3.00 bits per heavy atom. The second kappa shape index (κ2) is 6.48. The van der Waals surface area contributed by atoms with E-state index in [1.54, 1.807) is 11.3 Å². The number of aryl methyl sites for hydroxylation is 2. The lowest BCUT2D eigenvalue weighted by Crippen LogP contribution is -2.41. The summed E-state index contributed by atoms with van der Waals surface area (Å²) in [4.78, 5) is 19.2. The Bertz CT molecular complexity index is 917. The van der Waals surface area contributed by atoms with Crippen LogP contribution in [0.3, 0.4) is 0 Å². The fourth-order valence-electron chi connectivity index (χ4n) is 3.34. The first-order valence-corrected chi connectivity index (χ1v) is 9.30. The number of urea groups is 1. The van der Waals surface area contributed by atoms with Crippen molar-refractivity contribution in [3.63, 3.8) is 0 Å². The molecule has 25 heavy (non-hydrogen) atoms. The zero-order valence-corrected chi connectivity index (χ0v) is 15.1. The van der Waals surface area contributed by atoms with Gasteiger partial charge in [-0.25, -0.2) is 9.78 Å². The van der Waals surface area contributed by atoms with Gasteiger partial charge in [0.15, 0.2) is 0 Å². The van der Waals surface area contributed by atoms with Crippen molar-refractivity contribution in [2.75, 3.05) is 11.9 Å². The zero-order chi connectivity index (χ0) is 17.4. The highest BCUT2D eigenvalue weighted by Gasteiger charge is 2.30. The first-order valence-electron chi connectivity index (χ1n) is 8.48. The minimum atomic E-state index is -0.100. The fraction of sp³-hybridized carbons (Fsp3) is 0.389. The van der Waals surface area contributed by atoms with Crippen molar-refractivity contribution in [3.8, 4) is 0 Å². The van der Waals surface area contributed by atoms with Crippen molar-refractivity contribution in [2.24, 2.45) is 0 Å². The molecule has 1 saturated heterocycles. The number of likely N-dealkylation sites (tertiary alicyclic amines) is 1. The van der Waals surface area contributed by atoms with Gasteiger partial charge < -0.3 is 14.7 Å². The van der Waals surface area contributed by atoms with E-state index in [4.69, 9.17) is 4.52 Å². The molecule has 130 valence electrons. The summed E-state index contributed by atoms with van der Waals surface area (Å²) in [5.74, 6) is 0.769. The Morgan fingerprint density at radius 1 is 1.32 bits per heavy atom. The number of nitrogens with one attached hydrogen (secondary N) is 1. The average molecular weight is 356 g/mol. The molecular weight excluding hydrogens is 336 g/mol. The van der Waals surface area contributed by atoms with E-state index in [1.165, 1.54) is 0 Å². The predicted molar refractivity (Wildman–Crippen MR) is 97.9 cm³/mol. The van der Waals surface area contributed by atoms with Crippen LogP contribution in [-0.4, -0.2) is 27.6 Å². The number of carbonyl (C=O) groups is 1. The lowest BCUT2D eigenvalue weighted by Gasteiger charge is -2.34. The summed E-state index contributed by atoms with van der Waals surface area (Å²) in [5.41, 5.74) is 2.52. The topological polar surface area (TPSA) is 71.3 Å². The molecule has 0 spiro atoms. The molecule has 2 amide bonds. The molecule has 0 aliphatic carbocycles. The average Bonchev–Trinajstić information content (AvgIpc) is 3.19. The Morgan fingerprint density at radius 2 is 2.20 bits per heavy atom. The van der Waals surface area contributed by atoms with Gasteiger partial charge in [-0.2, -0.15) is 0 Å². The van der Waals surface area contributed by atoms with Gasteiger partial charge in [-0.05, 0) is 51.3 Å². The lowest BCUT2D eigenvalue weighted by molar-refractivity contribution is 0.159. The van der Waals surface area contributed by atoms with E-state index in [9.17, 15) is 4.79 Å². The Balaban J connectivity index is 1.55. The highest BCUT2D eigenvalue weighted by molar-refractivity contribution is 7.18. The van der Waals surface area contributed by atoms with Crippen LogP contribution in [0.5, 0.6) is 0 Å². The van der Waals surface area contributed by atoms with E-state index in [1.807, 2.05) is 43.0 Å². The van der Waals surface area contributed by atoms with Crippen LogP contribution in [0.15, 0.2) is 28.8 Å². The largest absolute Gasteiger partial charge is 0.361 e. The minimum Gasteiger partial charge on any atom is -0.361 e. The molecule has 0 unspecified atom stereocenters. The number of aromatic nitrogens is 2. The summed E-state index contributed by atoms with van der Waals surface area (Å²) >= 11 is 1.65. The Hall–Kier alpha value is -2.41. The maximum atomic E-state index is 12.8. The number of hydrogen-bond donors (Lipinski definition) is 1. The molecule has 1 N–H and O–H groups in total. The summed E-state index contributed by atoms with van der Waals surface area (Å²) in [5, 5.41) is 8.15. The van der Waals surface area contributed by atoms with Crippen LogP contribution < -0.4 is 5.32 Å². The van der Waals surface area contributed by atoms with Gasteiger partial charge in [-0.1, -0.05) is 5.16 Å². The van der Waals surface area contributed by atoms with Gasteiger partial charge in [0, 0.05) is 18.3 Å². The summed E-state index contributed by atoms with van der Waals surface area (Å²) in [7, 11) is 0. The van der Waals surface area contributed by atoms with Crippen molar-refractivity contribution >= 4 is 33.3 Å². The number of rotatable bonds is 2. The maximum absolute atomic E-state index is 12.8. The molecule has 6 nitrogen and oxygen atoms in total. The molecule has 2 aromatic heterocycles. The quantitative estimate of drug-likeness (QED) is 0.725. The predicted octanol–water partition coefficient (Wildman–Crippen LogP) is 4.66. The van der Waals surface area contributed by atoms with E-state index in [2.05, 4.69) is 15.5 Å². The van der Waals surface area contributed by atoms with Crippen LogP contribution in [0, 0.1) is 13.8 Å². The number of anilines is 1. The third kappa shape index (κ3) is 3.24. The number of thiazole rings is 1. The zero-order valence-electron chi connectivity index (χ0n) is 14.3. The van der Waals surface area contributed by atoms with Crippen LogP contribution in [-0.2, 0) is 0 Å². The third-order valence-corrected chi connectivity index (χ3v) is 5.45. The highest BCUT2D eigenvalue weighted by atomic mass is 32.1. The summed E-state index contributed by atoms with van der Waals surface area (Å²) in [6, 6.07) is 7.64. The van der Waals surface area contributed by atoms with Gasteiger partial charge in [-0.3, -0.25) is 0 Å². The van der Waals surface area contributed by atoms with Crippen LogP contribution in [0.4, 0.5) is 10.5 Å². The normalized spacial score (nSPS) is 17.8. The van der Waals surface area contributed by atoms with Crippen LogP contribution in [0.2, 0.25) is 0 Å². The molecule has 3 aromatic rings. The number of fused-ring (bicyclic) bond motifs is 1. The van der Waals surface area contributed by atoms with Crippen LogP contribution >= 0.6 is 11.3 Å². The minimum absolute atomic E-state index is 0.0311. The van der Waals surface area contributed by atoms with Crippen LogP contribution in [0.1, 0.15) is 41.8 Å². The molecule has 3 heterocycles. The van der Waals surface area contributed by atoms with E-state index in [-0.39, 0.29) is 12.1 Å². The molecule has 0 saturated carbocycles. The number of benzene rings is 1. The molecule has 1 aromatic carbocycles.